The fourth-order valence-corrected chi connectivity index (χ4v) is 1.90. The second kappa shape index (κ2) is 7.12. The topological polar surface area (TPSA) is 56.1 Å². The van der Waals surface area contributed by atoms with Gasteiger partial charge in [0.2, 0.25) is 5.91 Å². The number of nitrogens with one attached hydrogen (secondary N) is 1. The first kappa shape index (κ1) is 16.8. The fourth-order valence-electron chi connectivity index (χ4n) is 1.90. The summed E-state index contributed by atoms with van der Waals surface area (Å²) >= 11 is 0. The molecule has 1 heterocycles. The van der Waals surface area contributed by atoms with Crippen molar-refractivity contribution in [3.8, 4) is 5.75 Å². The molecule has 0 saturated carbocycles. The number of benzene rings is 1. The lowest BCUT2D eigenvalue weighted by Crippen LogP contribution is -2.21. The van der Waals surface area contributed by atoms with Gasteiger partial charge < -0.3 is 10.1 Å². The second-order valence-corrected chi connectivity index (χ2v) is 4.53. The standard InChI is InChI=1S/C14H13F4N3O2/c1-23-9-4-2-3-8(5-9)19-12(22)7-21-11(14(17)18)6-10(20-21)13(15)16/h2-6,13-14H,7H2,1H3,(H,19,22). The number of alkyl halides is 4. The van der Waals surface area contributed by atoms with E-state index in [2.05, 4.69) is 10.4 Å². The quantitative estimate of drug-likeness (QED) is 0.826. The van der Waals surface area contributed by atoms with Crippen molar-refractivity contribution >= 4 is 11.6 Å². The zero-order valence-electron chi connectivity index (χ0n) is 12.0. The van der Waals surface area contributed by atoms with Crippen LogP contribution in [0.4, 0.5) is 23.2 Å². The van der Waals surface area contributed by atoms with Crippen LogP contribution < -0.4 is 10.1 Å². The van der Waals surface area contributed by atoms with Gasteiger partial charge in [0.25, 0.3) is 12.9 Å². The zero-order chi connectivity index (χ0) is 17.0. The number of methoxy groups -OCH3 is 1. The maximum Gasteiger partial charge on any atom is 0.282 e. The lowest BCUT2D eigenvalue weighted by atomic mass is 10.3. The van der Waals surface area contributed by atoms with Gasteiger partial charge in [-0.15, -0.1) is 0 Å². The lowest BCUT2D eigenvalue weighted by Gasteiger charge is -2.09. The summed E-state index contributed by atoms with van der Waals surface area (Å²) in [5, 5.41) is 5.81. The van der Waals surface area contributed by atoms with Gasteiger partial charge in [-0.05, 0) is 18.2 Å². The van der Waals surface area contributed by atoms with Crippen molar-refractivity contribution in [2.75, 3.05) is 12.4 Å². The number of halogens is 4. The van der Waals surface area contributed by atoms with Gasteiger partial charge in [0.1, 0.15) is 23.7 Å². The third kappa shape index (κ3) is 4.21. The lowest BCUT2D eigenvalue weighted by molar-refractivity contribution is -0.117. The largest absolute Gasteiger partial charge is 0.497 e. The Hall–Kier alpha value is -2.58. The molecule has 1 aromatic heterocycles. The average Bonchev–Trinajstić information content (AvgIpc) is 2.91. The number of aromatic nitrogens is 2. The van der Waals surface area contributed by atoms with Crippen LogP contribution in [0.5, 0.6) is 5.75 Å². The molecule has 0 spiro atoms. The molecule has 0 aliphatic heterocycles. The molecular weight excluding hydrogens is 318 g/mol. The zero-order valence-corrected chi connectivity index (χ0v) is 12.0. The molecule has 9 heteroatoms. The van der Waals surface area contributed by atoms with Crippen LogP contribution in [-0.2, 0) is 11.3 Å². The summed E-state index contributed by atoms with van der Waals surface area (Å²) in [5.41, 5.74) is -1.15. The SMILES string of the molecule is COc1cccc(NC(=O)Cn2nc(C(F)F)cc2C(F)F)c1. The summed E-state index contributed by atoms with van der Waals surface area (Å²) < 4.78 is 56.3. The molecule has 1 amide bonds. The van der Waals surface area contributed by atoms with E-state index in [0.717, 1.165) is 0 Å². The first-order valence-corrected chi connectivity index (χ1v) is 6.48. The highest BCUT2D eigenvalue weighted by atomic mass is 19.3. The van der Waals surface area contributed by atoms with Crippen molar-refractivity contribution in [2.45, 2.75) is 19.4 Å². The molecular formula is C14H13F4N3O2. The molecule has 1 aromatic carbocycles. The number of rotatable bonds is 6. The van der Waals surface area contributed by atoms with Gasteiger partial charge in [0, 0.05) is 11.8 Å². The van der Waals surface area contributed by atoms with Gasteiger partial charge in [0.15, 0.2) is 0 Å². The van der Waals surface area contributed by atoms with Crippen molar-refractivity contribution in [3.05, 3.63) is 41.7 Å². The van der Waals surface area contributed by atoms with Gasteiger partial charge in [-0.2, -0.15) is 5.10 Å². The van der Waals surface area contributed by atoms with Crippen LogP contribution in [0.3, 0.4) is 0 Å². The Morgan fingerprint density at radius 1 is 1.26 bits per heavy atom. The van der Waals surface area contributed by atoms with E-state index >= 15 is 0 Å². The molecule has 0 fully saturated rings. The summed E-state index contributed by atoms with van der Waals surface area (Å²) in [5.74, 6) is -0.181. The number of carbonyl (C=O) groups excluding carboxylic acids is 1. The van der Waals surface area contributed by atoms with Gasteiger partial charge in [0.05, 0.1) is 7.11 Å². The first-order chi connectivity index (χ1) is 10.9. The third-order valence-electron chi connectivity index (χ3n) is 2.92. The highest BCUT2D eigenvalue weighted by molar-refractivity contribution is 5.90. The fraction of sp³-hybridized carbons (Fsp3) is 0.286. The molecule has 0 saturated heterocycles. The Balaban J connectivity index is 2.13. The van der Waals surface area contributed by atoms with Crippen LogP contribution in [0, 0.1) is 0 Å². The van der Waals surface area contributed by atoms with Gasteiger partial charge >= 0.3 is 0 Å². The molecule has 0 aliphatic carbocycles. The molecule has 0 aliphatic rings. The molecule has 2 aromatic rings. The number of amides is 1. The van der Waals surface area contributed by atoms with Crippen LogP contribution >= 0.6 is 0 Å². The summed E-state index contributed by atoms with van der Waals surface area (Å²) in [6.07, 6.45) is -6.00. The van der Waals surface area contributed by atoms with Crippen molar-refractivity contribution in [2.24, 2.45) is 0 Å². The minimum Gasteiger partial charge on any atom is -0.497 e. The number of hydrogen-bond acceptors (Lipinski definition) is 3. The van der Waals surface area contributed by atoms with Crippen molar-refractivity contribution in [3.63, 3.8) is 0 Å². The maximum absolute atomic E-state index is 12.8. The summed E-state index contributed by atoms with van der Waals surface area (Å²) in [4.78, 5) is 11.9. The van der Waals surface area contributed by atoms with E-state index in [1.54, 1.807) is 18.2 Å². The van der Waals surface area contributed by atoms with E-state index in [0.29, 0.717) is 22.2 Å². The van der Waals surface area contributed by atoms with E-state index in [1.807, 2.05) is 0 Å². The molecule has 0 bridgehead atoms. The predicted molar refractivity (Wildman–Crippen MR) is 73.8 cm³/mol. The van der Waals surface area contributed by atoms with Crippen molar-refractivity contribution < 1.29 is 27.1 Å². The molecule has 124 valence electrons. The van der Waals surface area contributed by atoms with E-state index in [1.165, 1.54) is 13.2 Å². The normalized spacial score (nSPS) is 11.1. The number of hydrogen-bond donors (Lipinski definition) is 1. The van der Waals surface area contributed by atoms with E-state index in [-0.39, 0.29) is 0 Å². The number of nitrogens with zero attached hydrogens (tertiary/aromatic N) is 2. The molecule has 0 atom stereocenters. The molecule has 1 N–H and O–H groups in total. The Morgan fingerprint density at radius 3 is 2.61 bits per heavy atom. The van der Waals surface area contributed by atoms with Gasteiger partial charge in [-0.1, -0.05) is 6.07 Å². The summed E-state index contributed by atoms with van der Waals surface area (Å²) in [7, 11) is 1.45. The van der Waals surface area contributed by atoms with Crippen LogP contribution in [0.25, 0.3) is 0 Å². The van der Waals surface area contributed by atoms with Crippen molar-refractivity contribution in [1.29, 1.82) is 0 Å². The molecule has 23 heavy (non-hydrogen) atoms. The van der Waals surface area contributed by atoms with E-state index in [4.69, 9.17) is 4.74 Å². The molecule has 0 radical (unpaired) electrons. The number of carbonyl (C=O) groups is 1. The van der Waals surface area contributed by atoms with Crippen LogP contribution in [0.2, 0.25) is 0 Å². The smallest absolute Gasteiger partial charge is 0.282 e. The minimum atomic E-state index is -3.01. The van der Waals surface area contributed by atoms with E-state index < -0.39 is 36.7 Å². The molecule has 5 nitrogen and oxygen atoms in total. The predicted octanol–water partition coefficient (Wildman–Crippen LogP) is 3.41. The monoisotopic (exact) mass is 331 g/mol. The number of anilines is 1. The van der Waals surface area contributed by atoms with Crippen LogP contribution in [0.15, 0.2) is 30.3 Å². The third-order valence-corrected chi connectivity index (χ3v) is 2.92. The molecule has 0 unspecified atom stereocenters. The first-order valence-electron chi connectivity index (χ1n) is 6.48. The van der Waals surface area contributed by atoms with Gasteiger partial charge in [-0.25, -0.2) is 17.6 Å². The van der Waals surface area contributed by atoms with E-state index in [9.17, 15) is 22.4 Å². The van der Waals surface area contributed by atoms with Crippen LogP contribution in [-0.4, -0.2) is 22.8 Å². The van der Waals surface area contributed by atoms with Crippen molar-refractivity contribution in [1.82, 2.24) is 9.78 Å². The summed E-state index contributed by atoms with van der Waals surface area (Å²) in [6, 6.07) is 6.98. The Morgan fingerprint density at radius 2 is 2.00 bits per heavy atom. The second-order valence-electron chi connectivity index (χ2n) is 4.53. The average molecular weight is 331 g/mol. The Kier molecular flexibility index (Phi) is 5.20. The highest BCUT2D eigenvalue weighted by Crippen LogP contribution is 2.25. The Bertz CT molecular complexity index is 688. The Labute approximate surface area is 128 Å². The maximum atomic E-state index is 12.8. The van der Waals surface area contributed by atoms with Crippen LogP contribution in [0.1, 0.15) is 24.2 Å². The summed E-state index contributed by atoms with van der Waals surface area (Å²) in [6.45, 7) is -0.608. The minimum absolute atomic E-state index is 0.384. The van der Waals surface area contributed by atoms with Gasteiger partial charge in [-0.3, -0.25) is 9.48 Å². The highest BCUT2D eigenvalue weighted by Gasteiger charge is 2.22. The number of ether oxygens (including phenoxy) is 1. The molecule has 2 rings (SSSR count).